The van der Waals surface area contributed by atoms with Crippen molar-refractivity contribution in [1.29, 1.82) is 0 Å². The maximum Gasteiger partial charge on any atom is 0.274 e. The number of hydrogen-bond donors (Lipinski definition) is 1. The number of benzene rings is 1. The molecule has 0 bridgehead atoms. The van der Waals surface area contributed by atoms with Gasteiger partial charge in [-0.3, -0.25) is 14.9 Å². The number of nitrogens with zero attached hydrogens (tertiary/aromatic N) is 5. The number of hydrogen-bond acceptors (Lipinski definition) is 6. The summed E-state index contributed by atoms with van der Waals surface area (Å²) in [6.07, 6.45) is 4.31. The summed E-state index contributed by atoms with van der Waals surface area (Å²) in [5.41, 5.74) is 1.07. The van der Waals surface area contributed by atoms with Crippen LogP contribution in [0.15, 0.2) is 49.2 Å². The minimum absolute atomic E-state index is 0.0502. The van der Waals surface area contributed by atoms with Crippen LogP contribution in [0, 0.1) is 17.0 Å². The molecule has 1 aromatic carbocycles. The van der Waals surface area contributed by atoms with E-state index in [-0.39, 0.29) is 5.69 Å². The minimum atomic E-state index is -0.486. The Balaban J connectivity index is 1.87. The number of nitro benzene ring substituents is 1. The molecule has 3 rings (SSSR count). The predicted octanol–water partition coefficient (Wildman–Crippen LogP) is 2.13. The Kier molecular flexibility index (Phi) is 3.98. The van der Waals surface area contributed by atoms with Crippen LogP contribution in [0.4, 0.5) is 11.4 Å². The smallest absolute Gasteiger partial charge is 0.274 e. The fourth-order valence-corrected chi connectivity index (χ4v) is 2.16. The number of rotatable bonds is 4. The second kappa shape index (κ2) is 6.24. The van der Waals surface area contributed by atoms with Gasteiger partial charge in [0.2, 0.25) is 0 Å². The van der Waals surface area contributed by atoms with Crippen LogP contribution in [-0.4, -0.2) is 30.6 Å². The summed E-state index contributed by atoms with van der Waals surface area (Å²) in [7, 11) is 0. The molecule has 0 saturated carbocycles. The van der Waals surface area contributed by atoms with Crippen molar-refractivity contribution in [1.82, 2.24) is 19.7 Å². The first-order valence-corrected chi connectivity index (χ1v) is 6.92. The molecule has 3 aromatic rings. The van der Waals surface area contributed by atoms with Gasteiger partial charge in [0.15, 0.2) is 5.82 Å². The Morgan fingerprint density at radius 3 is 2.88 bits per heavy atom. The minimum Gasteiger partial charge on any atom is -0.321 e. The van der Waals surface area contributed by atoms with Crippen LogP contribution in [-0.2, 0) is 0 Å². The lowest BCUT2D eigenvalue weighted by Crippen LogP contribution is -2.14. The average Bonchev–Trinajstić information content (AvgIpc) is 3.11. The van der Waals surface area contributed by atoms with Crippen LogP contribution >= 0.6 is 0 Å². The van der Waals surface area contributed by atoms with Crippen molar-refractivity contribution in [2.45, 2.75) is 6.92 Å². The summed E-state index contributed by atoms with van der Waals surface area (Å²) in [6, 6.07) is 7.62. The second-order valence-electron chi connectivity index (χ2n) is 4.90. The molecular weight excluding hydrogens is 312 g/mol. The van der Waals surface area contributed by atoms with Crippen LogP contribution in [0.25, 0.3) is 5.82 Å². The van der Waals surface area contributed by atoms with Crippen LogP contribution in [0.2, 0.25) is 0 Å². The van der Waals surface area contributed by atoms with Gasteiger partial charge in [-0.25, -0.2) is 14.6 Å². The summed E-state index contributed by atoms with van der Waals surface area (Å²) in [6.45, 7) is 1.58. The third-order valence-corrected chi connectivity index (χ3v) is 3.41. The highest BCUT2D eigenvalue weighted by atomic mass is 16.6. The number of anilines is 1. The Labute approximate surface area is 136 Å². The number of carbonyl (C=O) groups is 1. The van der Waals surface area contributed by atoms with Crippen molar-refractivity contribution in [3.8, 4) is 5.82 Å². The SMILES string of the molecule is Cc1c(NC(=O)c2ccnc(-n3cncn3)c2)cccc1[N+](=O)[O-]. The highest BCUT2D eigenvalue weighted by Crippen LogP contribution is 2.25. The average molecular weight is 324 g/mol. The van der Waals surface area contributed by atoms with E-state index in [1.807, 2.05) is 0 Å². The van der Waals surface area contributed by atoms with Crippen molar-refractivity contribution < 1.29 is 9.72 Å². The molecule has 0 aliphatic heterocycles. The van der Waals surface area contributed by atoms with Gasteiger partial charge in [0, 0.05) is 17.8 Å². The van der Waals surface area contributed by atoms with Crippen molar-refractivity contribution in [2.24, 2.45) is 0 Å². The molecule has 0 fully saturated rings. The quantitative estimate of drug-likeness (QED) is 0.580. The first-order valence-electron chi connectivity index (χ1n) is 6.92. The summed E-state index contributed by atoms with van der Waals surface area (Å²) in [4.78, 5) is 30.8. The first kappa shape index (κ1) is 15.3. The molecule has 0 unspecified atom stereocenters. The monoisotopic (exact) mass is 324 g/mol. The summed E-state index contributed by atoms with van der Waals surface area (Å²) in [5.74, 6) is 0.0401. The molecule has 0 saturated heterocycles. The molecule has 0 aliphatic carbocycles. The van der Waals surface area contributed by atoms with Crippen molar-refractivity contribution >= 4 is 17.3 Å². The molecule has 1 amide bonds. The van der Waals surface area contributed by atoms with E-state index in [4.69, 9.17) is 0 Å². The largest absolute Gasteiger partial charge is 0.321 e. The lowest BCUT2D eigenvalue weighted by Gasteiger charge is -2.09. The Bertz CT molecular complexity index is 907. The molecule has 2 heterocycles. The van der Waals surface area contributed by atoms with Gasteiger partial charge >= 0.3 is 0 Å². The van der Waals surface area contributed by atoms with E-state index in [2.05, 4.69) is 20.4 Å². The van der Waals surface area contributed by atoms with Crippen molar-refractivity contribution in [3.05, 3.63) is 70.4 Å². The van der Waals surface area contributed by atoms with Gasteiger partial charge in [-0.2, -0.15) is 5.10 Å². The zero-order chi connectivity index (χ0) is 17.1. The van der Waals surface area contributed by atoms with Crippen LogP contribution in [0.1, 0.15) is 15.9 Å². The highest BCUT2D eigenvalue weighted by molar-refractivity contribution is 6.05. The summed E-state index contributed by atoms with van der Waals surface area (Å²) < 4.78 is 1.43. The standard InChI is InChI=1S/C15H12N6O3/c1-10-12(3-2-4-13(10)21(23)24)19-15(22)11-5-6-17-14(7-11)20-9-16-8-18-20/h2-9H,1H3,(H,19,22). The molecule has 9 heteroatoms. The lowest BCUT2D eigenvalue weighted by molar-refractivity contribution is -0.385. The van der Waals surface area contributed by atoms with E-state index in [0.717, 1.165) is 0 Å². The zero-order valence-corrected chi connectivity index (χ0v) is 12.6. The van der Waals surface area contributed by atoms with Gasteiger partial charge in [-0.15, -0.1) is 0 Å². The molecule has 2 aromatic heterocycles. The van der Waals surface area contributed by atoms with E-state index >= 15 is 0 Å². The molecule has 1 N–H and O–H groups in total. The van der Waals surface area contributed by atoms with Gasteiger partial charge in [-0.1, -0.05) is 6.07 Å². The normalized spacial score (nSPS) is 10.4. The molecule has 0 radical (unpaired) electrons. The Hall–Kier alpha value is -3.62. The fraction of sp³-hybridized carbons (Fsp3) is 0.0667. The van der Waals surface area contributed by atoms with Crippen LogP contribution < -0.4 is 5.32 Å². The van der Waals surface area contributed by atoms with Gasteiger partial charge < -0.3 is 5.32 Å². The Morgan fingerprint density at radius 2 is 2.17 bits per heavy atom. The second-order valence-corrected chi connectivity index (χ2v) is 4.90. The van der Waals surface area contributed by atoms with Gasteiger partial charge in [-0.05, 0) is 25.1 Å². The number of carbonyl (C=O) groups excluding carboxylic acids is 1. The molecule has 0 spiro atoms. The maximum absolute atomic E-state index is 12.4. The highest BCUT2D eigenvalue weighted by Gasteiger charge is 2.16. The molecule has 0 aliphatic rings. The molecular formula is C15H12N6O3. The van der Waals surface area contributed by atoms with Gasteiger partial charge in [0.25, 0.3) is 11.6 Å². The topological polar surface area (TPSA) is 116 Å². The van der Waals surface area contributed by atoms with E-state index in [1.54, 1.807) is 25.1 Å². The maximum atomic E-state index is 12.4. The van der Waals surface area contributed by atoms with Crippen molar-refractivity contribution in [2.75, 3.05) is 5.32 Å². The van der Waals surface area contributed by atoms with Gasteiger partial charge in [0.1, 0.15) is 12.7 Å². The third kappa shape index (κ3) is 2.95. The molecule has 24 heavy (non-hydrogen) atoms. The van der Waals surface area contributed by atoms with Gasteiger partial charge in [0.05, 0.1) is 16.2 Å². The number of nitro groups is 1. The predicted molar refractivity (Wildman–Crippen MR) is 84.9 cm³/mol. The zero-order valence-electron chi connectivity index (χ0n) is 12.6. The van der Waals surface area contributed by atoms with E-state index in [0.29, 0.717) is 22.6 Å². The number of amides is 1. The van der Waals surface area contributed by atoms with Crippen molar-refractivity contribution in [3.63, 3.8) is 0 Å². The summed E-state index contributed by atoms with van der Waals surface area (Å²) >= 11 is 0. The van der Waals surface area contributed by atoms with E-state index in [1.165, 1.54) is 35.7 Å². The first-order chi connectivity index (χ1) is 11.6. The Morgan fingerprint density at radius 1 is 1.33 bits per heavy atom. The molecule has 9 nitrogen and oxygen atoms in total. The van der Waals surface area contributed by atoms with Crippen LogP contribution in [0.5, 0.6) is 0 Å². The number of pyridine rings is 1. The summed E-state index contributed by atoms with van der Waals surface area (Å²) in [5, 5.41) is 17.6. The number of aromatic nitrogens is 4. The molecule has 120 valence electrons. The lowest BCUT2D eigenvalue weighted by atomic mass is 10.1. The number of nitrogens with one attached hydrogen (secondary N) is 1. The van der Waals surface area contributed by atoms with Crippen LogP contribution in [0.3, 0.4) is 0 Å². The van der Waals surface area contributed by atoms with E-state index in [9.17, 15) is 14.9 Å². The molecule has 0 atom stereocenters. The third-order valence-electron chi connectivity index (χ3n) is 3.41. The fourth-order valence-electron chi connectivity index (χ4n) is 2.16. The van der Waals surface area contributed by atoms with E-state index < -0.39 is 10.8 Å².